The highest BCUT2D eigenvalue weighted by Gasteiger charge is 2.26. The minimum Gasteiger partial charge on any atom is -0.339 e. The van der Waals surface area contributed by atoms with Crippen LogP contribution in [0, 0.1) is 11.8 Å². The minimum atomic E-state index is -4.25. The summed E-state index contributed by atoms with van der Waals surface area (Å²) in [7, 11) is 0. The normalized spacial score (nSPS) is 12.8. The molecule has 6 N–H and O–H groups in total. The summed E-state index contributed by atoms with van der Waals surface area (Å²) in [6, 6.07) is 11.3. The molecule has 7 nitrogen and oxygen atoms in total. The molecule has 0 aliphatic rings. The number of nitrogens with two attached hydrogens (primary N) is 1. The van der Waals surface area contributed by atoms with Crippen molar-refractivity contribution in [3.63, 3.8) is 0 Å². The molecule has 2 aromatic carbocycles. The second kappa shape index (κ2) is 11.3. The first-order valence-electron chi connectivity index (χ1n) is 9.58. The first-order chi connectivity index (χ1) is 15.1. The average molecular weight is 448 g/mol. The van der Waals surface area contributed by atoms with E-state index in [1.54, 1.807) is 36.4 Å². The van der Waals surface area contributed by atoms with Crippen LogP contribution in [0.2, 0.25) is 0 Å². The quantitative estimate of drug-likeness (QED) is 0.251. The van der Waals surface area contributed by atoms with Crippen LogP contribution in [0.25, 0.3) is 0 Å². The van der Waals surface area contributed by atoms with Crippen molar-refractivity contribution in [1.82, 2.24) is 16.1 Å². The molecular formula is C22H23F3N4O3. The molecule has 10 heteroatoms. The van der Waals surface area contributed by atoms with Crippen molar-refractivity contribution >= 4 is 11.8 Å². The van der Waals surface area contributed by atoms with Gasteiger partial charge in [-0.3, -0.25) is 14.8 Å². The van der Waals surface area contributed by atoms with E-state index in [0.29, 0.717) is 16.7 Å². The van der Waals surface area contributed by atoms with Crippen molar-refractivity contribution in [3.05, 3.63) is 70.8 Å². The molecule has 2 atom stereocenters. The van der Waals surface area contributed by atoms with Crippen LogP contribution in [0.15, 0.2) is 48.5 Å². The lowest BCUT2D eigenvalue weighted by atomic mass is 10.1. The van der Waals surface area contributed by atoms with Crippen molar-refractivity contribution in [3.8, 4) is 11.8 Å². The van der Waals surface area contributed by atoms with Gasteiger partial charge in [-0.25, -0.2) is 5.48 Å². The van der Waals surface area contributed by atoms with Gasteiger partial charge in [-0.05, 0) is 48.9 Å². The van der Waals surface area contributed by atoms with Gasteiger partial charge >= 0.3 is 6.18 Å². The molecule has 0 aliphatic carbocycles. The van der Waals surface area contributed by atoms with E-state index < -0.39 is 36.6 Å². The highest BCUT2D eigenvalue weighted by Crippen LogP contribution is 2.13. The summed E-state index contributed by atoms with van der Waals surface area (Å²) in [4.78, 5) is 23.9. The summed E-state index contributed by atoms with van der Waals surface area (Å²) in [6.45, 7) is 0.564. The largest absolute Gasteiger partial charge is 0.401 e. The van der Waals surface area contributed by atoms with Gasteiger partial charge in [0, 0.05) is 29.3 Å². The Bertz CT molecular complexity index is 979. The number of amides is 2. The molecular weight excluding hydrogens is 425 g/mol. The molecule has 0 fully saturated rings. The van der Waals surface area contributed by atoms with E-state index in [2.05, 4.69) is 22.5 Å². The number of carbonyl (C=O) groups excluding carboxylic acids is 2. The molecule has 0 bridgehead atoms. The Morgan fingerprint density at radius 2 is 1.56 bits per heavy atom. The first kappa shape index (κ1) is 24.9. The Morgan fingerprint density at radius 3 is 2.03 bits per heavy atom. The van der Waals surface area contributed by atoms with Crippen LogP contribution in [-0.2, 0) is 11.3 Å². The molecule has 0 unspecified atom stereocenters. The second-order valence-corrected chi connectivity index (χ2v) is 7.03. The summed E-state index contributed by atoms with van der Waals surface area (Å²) in [5.41, 5.74) is 9.42. The number of hydrogen-bond donors (Lipinski definition) is 5. The third kappa shape index (κ3) is 8.03. The Kier molecular flexibility index (Phi) is 8.78. The minimum absolute atomic E-state index is 0.0977. The van der Waals surface area contributed by atoms with Gasteiger partial charge < -0.3 is 16.4 Å². The predicted molar refractivity (Wildman–Crippen MR) is 111 cm³/mol. The van der Waals surface area contributed by atoms with E-state index in [0.717, 1.165) is 0 Å². The van der Waals surface area contributed by atoms with Gasteiger partial charge in [0.1, 0.15) is 6.04 Å². The number of carbonyl (C=O) groups is 2. The predicted octanol–water partition coefficient (Wildman–Crippen LogP) is 1.69. The molecule has 0 spiro atoms. The summed E-state index contributed by atoms with van der Waals surface area (Å²) >= 11 is 0. The zero-order valence-corrected chi connectivity index (χ0v) is 17.2. The Labute approximate surface area is 183 Å². The van der Waals surface area contributed by atoms with Crippen LogP contribution in [0.4, 0.5) is 13.2 Å². The number of nitrogens with one attached hydrogen (secondary N) is 3. The number of rotatable bonds is 7. The Hall–Kier alpha value is -3.39. The lowest BCUT2D eigenvalue weighted by molar-refractivity contribution is -0.131. The van der Waals surface area contributed by atoms with E-state index in [1.807, 2.05) is 0 Å². The molecule has 0 radical (unpaired) electrons. The SMILES string of the molecule is C[C@@H](N)[C@H](NC(=O)c1ccc(C#Cc2ccc(CNCC(F)(F)F)cc2)cc1)C(=O)NO. The van der Waals surface area contributed by atoms with E-state index in [1.165, 1.54) is 24.5 Å². The zero-order valence-electron chi connectivity index (χ0n) is 17.2. The summed E-state index contributed by atoms with van der Waals surface area (Å²) in [5.74, 6) is 4.51. The van der Waals surface area contributed by atoms with E-state index in [9.17, 15) is 22.8 Å². The van der Waals surface area contributed by atoms with Crippen LogP contribution in [-0.4, -0.2) is 41.8 Å². The number of hydrogen-bond acceptors (Lipinski definition) is 5. The highest BCUT2D eigenvalue weighted by atomic mass is 19.4. The Balaban J connectivity index is 1.97. The third-order valence-corrected chi connectivity index (χ3v) is 4.31. The molecule has 170 valence electrons. The maximum atomic E-state index is 12.3. The molecule has 2 aromatic rings. The second-order valence-electron chi connectivity index (χ2n) is 7.03. The van der Waals surface area contributed by atoms with E-state index in [4.69, 9.17) is 10.9 Å². The Morgan fingerprint density at radius 1 is 1.03 bits per heavy atom. The molecule has 0 saturated carbocycles. The highest BCUT2D eigenvalue weighted by molar-refractivity contribution is 5.97. The van der Waals surface area contributed by atoms with Crippen LogP contribution in [0.3, 0.4) is 0 Å². The first-order valence-corrected chi connectivity index (χ1v) is 9.58. The van der Waals surface area contributed by atoms with Crippen LogP contribution in [0.1, 0.15) is 34.0 Å². The zero-order chi connectivity index (χ0) is 23.7. The van der Waals surface area contributed by atoms with Gasteiger partial charge in [-0.1, -0.05) is 24.0 Å². The summed E-state index contributed by atoms with van der Waals surface area (Å²) in [6.07, 6.45) is -4.25. The smallest absolute Gasteiger partial charge is 0.339 e. The van der Waals surface area contributed by atoms with Crippen LogP contribution < -0.4 is 21.8 Å². The maximum Gasteiger partial charge on any atom is 0.401 e. The van der Waals surface area contributed by atoms with Crippen molar-refractivity contribution in [2.24, 2.45) is 5.73 Å². The molecule has 32 heavy (non-hydrogen) atoms. The summed E-state index contributed by atoms with van der Waals surface area (Å²) in [5, 5.41) is 13.5. The molecule has 2 amide bonds. The number of hydroxylamine groups is 1. The lowest BCUT2D eigenvalue weighted by Crippen LogP contribution is -2.54. The fourth-order valence-electron chi connectivity index (χ4n) is 2.63. The lowest BCUT2D eigenvalue weighted by Gasteiger charge is -2.20. The van der Waals surface area contributed by atoms with Gasteiger partial charge in [0.25, 0.3) is 11.8 Å². The molecule has 0 saturated heterocycles. The third-order valence-electron chi connectivity index (χ3n) is 4.31. The number of alkyl halides is 3. The monoisotopic (exact) mass is 448 g/mol. The van der Waals surface area contributed by atoms with Crippen molar-refractivity contribution in [1.29, 1.82) is 0 Å². The van der Waals surface area contributed by atoms with Gasteiger partial charge in [-0.2, -0.15) is 13.2 Å². The van der Waals surface area contributed by atoms with Gasteiger partial charge in [0.2, 0.25) is 0 Å². The fraction of sp³-hybridized carbons (Fsp3) is 0.273. The van der Waals surface area contributed by atoms with Crippen LogP contribution in [0.5, 0.6) is 0 Å². The van der Waals surface area contributed by atoms with Gasteiger partial charge in [-0.15, -0.1) is 0 Å². The van der Waals surface area contributed by atoms with Crippen molar-refractivity contribution < 1.29 is 28.0 Å². The molecule has 0 heterocycles. The molecule has 2 rings (SSSR count). The van der Waals surface area contributed by atoms with E-state index in [-0.39, 0.29) is 12.1 Å². The van der Waals surface area contributed by atoms with Crippen LogP contribution >= 0.6 is 0 Å². The summed E-state index contributed by atoms with van der Waals surface area (Å²) < 4.78 is 36.5. The van der Waals surface area contributed by atoms with Gasteiger partial charge in [0.05, 0.1) is 6.54 Å². The average Bonchev–Trinajstić information content (AvgIpc) is 2.75. The number of benzene rings is 2. The van der Waals surface area contributed by atoms with Crippen molar-refractivity contribution in [2.75, 3.05) is 6.54 Å². The standard InChI is InChI=1S/C22H23F3N4O3/c1-14(26)19(21(31)29-32)28-20(30)18-10-8-16(9-11-18)3-2-15-4-6-17(7-5-15)12-27-13-22(23,24)25/h4-11,14,19,27,32H,12-13,26H2,1H3,(H,28,30)(H,29,31)/t14-,19+/m1/s1. The van der Waals surface area contributed by atoms with Crippen molar-refractivity contribution in [2.45, 2.75) is 31.7 Å². The topological polar surface area (TPSA) is 116 Å². The number of halogens is 3. The maximum absolute atomic E-state index is 12.3. The fourth-order valence-corrected chi connectivity index (χ4v) is 2.63. The molecule has 0 aromatic heterocycles. The molecule has 0 aliphatic heterocycles. The van der Waals surface area contributed by atoms with E-state index >= 15 is 0 Å². The van der Waals surface area contributed by atoms with Gasteiger partial charge in [0.15, 0.2) is 0 Å².